The highest BCUT2D eigenvalue weighted by atomic mass is 32.2. The number of piperidine rings is 1. The highest BCUT2D eigenvalue weighted by Crippen LogP contribution is 2.30. The van der Waals surface area contributed by atoms with Gasteiger partial charge < -0.3 is 14.7 Å². The van der Waals surface area contributed by atoms with E-state index in [2.05, 4.69) is 33.1 Å². The highest BCUT2D eigenvalue weighted by Gasteiger charge is 2.28. The number of aliphatic hydroxyl groups excluding tert-OH is 1. The number of fused-ring (bicyclic) bond motifs is 1. The molecular formula is C26H33N3O2S. The van der Waals surface area contributed by atoms with Gasteiger partial charge in [0.05, 0.1) is 17.7 Å². The number of aliphatic hydroxyl groups is 1. The molecule has 1 N–H and O–H groups in total. The Morgan fingerprint density at radius 1 is 1.12 bits per heavy atom. The van der Waals surface area contributed by atoms with Crippen LogP contribution in [0.1, 0.15) is 24.8 Å². The summed E-state index contributed by atoms with van der Waals surface area (Å²) in [6.45, 7) is 3.46. The summed E-state index contributed by atoms with van der Waals surface area (Å²) in [6.07, 6.45) is 8.25. The molecule has 3 heterocycles. The van der Waals surface area contributed by atoms with Crippen LogP contribution in [0, 0.1) is 11.8 Å². The van der Waals surface area contributed by atoms with Crippen LogP contribution in [0.3, 0.4) is 0 Å². The molecule has 1 fully saturated rings. The zero-order chi connectivity index (χ0) is 22.2. The molecule has 3 aromatic rings. The van der Waals surface area contributed by atoms with Crippen LogP contribution < -0.4 is 4.74 Å². The number of pyridine rings is 2. The van der Waals surface area contributed by atoms with Gasteiger partial charge in [0.15, 0.2) is 0 Å². The summed E-state index contributed by atoms with van der Waals surface area (Å²) < 4.78 is 5.40. The van der Waals surface area contributed by atoms with E-state index in [0.29, 0.717) is 11.8 Å². The van der Waals surface area contributed by atoms with Crippen LogP contribution >= 0.6 is 11.8 Å². The number of aromatic nitrogens is 2. The molecule has 2 atom stereocenters. The second kappa shape index (κ2) is 11.6. The summed E-state index contributed by atoms with van der Waals surface area (Å²) in [5, 5.41) is 12.3. The maximum Gasteiger partial charge on any atom is 0.119 e. The molecule has 170 valence electrons. The number of likely N-dealkylation sites (tertiary alicyclic amines) is 1. The van der Waals surface area contributed by atoms with Crippen molar-refractivity contribution < 1.29 is 9.84 Å². The number of nitrogens with zero attached hydrogens (tertiary/aromatic N) is 3. The standard InChI is InChI=1S/C26H33N3O2S/c1-31-23-8-9-25-24(17-23)21(10-13-27-25)6-4-5-20-11-14-29(18-22(20)19-30)15-16-32-26-7-2-3-12-28-26/h2-3,7-10,12-13,17,20,22,30H,4-6,11,14-16,18-19H2,1H3/t20-,22-/m1/s1. The molecule has 0 radical (unpaired) electrons. The third-order valence-corrected chi connectivity index (χ3v) is 7.49. The van der Waals surface area contributed by atoms with Crippen LogP contribution in [0.25, 0.3) is 10.9 Å². The quantitative estimate of drug-likeness (QED) is 0.452. The number of hydrogen-bond donors (Lipinski definition) is 1. The lowest BCUT2D eigenvalue weighted by atomic mass is 9.82. The molecule has 5 nitrogen and oxygen atoms in total. The Morgan fingerprint density at radius 2 is 2.06 bits per heavy atom. The minimum atomic E-state index is 0.282. The van der Waals surface area contributed by atoms with Gasteiger partial charge in [-0.15, -0.1) is 11.8 Å². The number of benzene rings is 1. The van der Waals surface area contributed by atoms with Crippen molar-refractivity contribution in [3.8, 4) is 5.75 Å². The van der Waals surface area contributed by atoms with Crippen LogP contribution in [-0.4, -0.2) is 59.1 Å². The molecule has 4 rings (SSSR count). The monoisotopic (exact) mass is 451 g/mol. The van der Waals surface area contributed by atoms with E-state index in [9.17, 15) is 5.11 Å². The second-order valence-electron chi connectivity index (χ2n) is 8.55. The van der Waals surface area contributed by atoms with Gasteiger partial charge in [-0.25, -0.2) is 4.98 Å². The first-order chi connectivity index (χ1) is 15.8. The zero-order valence-electron chi connectivity index (χ0n) is 18.8. The van der Waals surface area contributed by atoms with Gasteiger partial charge >= 0.3 is 0 Å². The summed E-state index contributed by atoms with van der Waals surface area (Å²) in [5.74, 6) is 2.89. The number of hydrogen-bond acceptors (Lipinski definition) is 6. The van der Waals surface area contributed by atoms with Crippen molar-refractivity contribution in [2.75, 3.05) is 39.1 Å². The number of methoxy groups -OCH3 is 1. The van der Waals surface area contributed by atoms with Crippen LogP contribution in [0.15, 0.2) is 59.9 Å². The molecule has 1 saturated heterocycles. The summed E-state index contributed by atoms with van der Waals surface area (Å²) in [5.41, 5.74) is 2.35. The predicted octanol–water partition coefficient (Wildman–Crippen LogP) is 4.68. The normalized spacial score (nSPS) is 19.3. The summed E-state index contributed by atoms with van der Waals surface area (Å²) >= 11 is 1.81. The van der Waals surface area contributed by atoms with E-state index in [1.807, 2.05) is 48.4 Å². The van der Waals surface area contributed by atoms with Crippen LogP contribution in [0.4, 0.5) is 0 Å². The van der Waals surface area contributed by atoms with Crippen molar-refractivity contribution >= 4 is 22.7 Å². The van der Waals surface area contributed by atoms with Crippen molar-refractivity contribution in [3.05, 3.63) is 60.4 Å². The molecule has 0 unspecified atom stereocenters. The third kappa shape index (κ3) is 6.00. The zero-order valence-corrected chi connectivity index (χ0v) is 19.6. The summed E-state index contributed by atoms with van der Waals surface area (Å²) in [7, 11) is 1.70. The Hall–Kier alpha value is -2.15. The van der Waals surface area contributed by atoms with E-state index < -0.39 is 0 Å². The smallest absolute Gasteiger partial charge is 0.119 e. The van der Waals surface area contributed by atoms with Crippen LogP contribution in [-0.2, 0) is 6.42 Å². The fourth-order valence-corrected chi connectivity index (χ4v) is 5.61. The lowest BCUT2D eigenvalue weighted by Gasteiger charge is -2.38. The predicted molar refractivity (Wildman–Crippen MR) is 131 cm³/mol. The van der Waals surface area contributed by atoms with E-state index >= 15 is 0 Å². The van der Waals surface area contributed by atoms with E-state index in [4.69, 9.17) is 4.74 Å². The Balaban J connectivity index is 1.26. The van der Waals surface area contributed by atoms with Crippen molar-refractivity contribution in [3.63, 3.8) is 0 Å². The average Bonchev–Trinajstić information content (AvgIpc) is 2.85. The van der Waals surface area contributed by atoms with Crippen LogP contribution in [0.2, 0.25) is 0 Å². The Bertz CT molecular complexity index is 985. The van der Waals surface area contributed by atoms with Crippen molar-refractivity contribution in [1.29, 1.82) is 0 Å². The number of rotatable bonds is 10. The van der Waals surface area contributed by atoms with Gasteiger partial charge in [0.1, 0.15) is 5.75 Å². The Kier molecular flexibility index (Phi) is 8.37. The molecular weight excluding hydrogens is 418 g/mol. The SMILES string of the molecule is COc1ccc2nccc(CCC[C@@H]3CCN(CCSc4ccccn4)C[C@@H]3CO)c2c1. The van der Waals surface area contributed by atoms with Gasteiger partial charge in [0.2, 0.25) is 0 Å². The molecule has 1 aliphatic heterocycles. The molecule has 1 aromatic carbocycles. The molecule has 0 saturated carbocycles. The fourth-order valence-electron chi connectivity index (χ4n) is 4.74. The number of ether oxygens (including phenoxy) is 1. The lowest BCUT2D eigenvalue weighted by molar-refractivity contribution is 0.0710. The van der Waals surface area contributed by atoms with Gasteiger partial charge in [-0.1, -0.05) is 6.07 Å². The summed E-state index contributed by atoms with van der Waals surface area (Å²) in [6, 6.07) is 14.3. The third-order valence-electron chi connectivity index (χ3n) is 6.57. The minimum absolute atomic E-state index is 0.282. The summed E-state index contributed by atoms with van der Waals surface area (Å²) in [4.78, 5) is 11.4. The largest absolute Gasteiger partial charge is 0.497 e. The first-order valence-electron chi connectivity index (χ1n) is 11.6. The molecule has 0 amide bonds. The number of aryl methyl sites for hydroxylation is 1. The van der Waals surface area contributed by atoms with Gasteiger partial charge in [-0.2, -0.15) is 0 Å². The molecule has 32 heavy (non-hydrogen) atoms. The topological polar surface area (TPSA) is 58.5 Å². The molecule has 1 aliphatic rings. The second-order valence-corrected chi connectivity index (χ2v) is 9.67. The maximum absolute atomic E-state index is 10.0. The highest BCUT2D eigenvalue weighted by molar-refractivity contribution is 7.99. The molecule has 6 heteroatoms. The van der Waals surface area contributed by atoms with Crippen molar-refractivity contribution in [2.24, 2.45) is 11.8 Å². The van der Waals surface area contributed by atoms with Crippen molar-refractivity contribution in [2.45, 2.75) is 30.7 Å². The molecule has 2 aromatic heterocycles. The molecule has 0 spiro atoms. The van der Waals surface area contributed by atoms with E-state index in [1.54, 1.807) is 7.11 Å². The molecule has 0 bridgehead atoms. The van der Waals surface area contributed by atoms with E-state index in [0.717, 1.165) is 60.9 Å². The van der Waals surface area contributed by atoms with Crippen LogP contribution in [0.5, 0.6) is 5.75 Å². The fraction of sp³-hybridized carbons (Fsp3) is 0.462. The van der Waals surface area contributed by atoms with E-state index in [1.165, 1.54) is 17.4 Å². The lowest BCUT2D eigenvalue weighted by Crippen LogP contribution is -2.42. The van der Waals surface area contributed by atoms with Gasteiger partial charge in [-0.3, -0.25) is 4.98 Å². The van der Waals surface area contributed by atoms with E-state index in [-0.39, 0.29) is 6.61 Å². The first kappa shape index (κ1) is 23.0. The first-order valence-corrected chi connectivity index (χ1v) is 12.5. The van der Waals surface area contributed by atoms with Gasteiger partial charge in [-0.05, 0) is 86.0 Å². The molecule has 0 aliphatic carbocycles. The van der Waals surface area contributed by atoms with Crippen molar-refractivity contribution in [1.82, 2.24) is 14.9 Å². The average molecular weight is 452 g/mol. The minimum Gasteiger partial charge on any atom is -0.497 e. The van der Waals surface area contributed by atoms with Gasteiger partial charge in [0.25, 0.3) is 0 Å². The number of thioether (sulfide) groups is 1. The maximum atomic E-state index is 10.0. The Labute approximate surface area is 195 Å². The Morgan fingerprint density at radius 3 is 2.88 bits per heavy atom. The van der Waals surface area contributed by atoms with Gasteiger partial charge in [0, 0.05) is 43.2 Å².